The zero-order chi connectivity index (χ0) is 26.9. The van der Waals surface area contributed by atoms with Gasteiger partial charge in [-0.25, -0.2) is 4.98 Å². The van der Waals surface area contributed by atoms with Gasteiger partial charge in [-0.15, -0.1) is 23.4 Å². The van der Waals surface area contributed by atoms with E-state index in [1.54, 1.807) is 22.9 Å². The van der Waals surface area contributed by atoms with Gasteiger partial charge < -0.3 is 23.5 Å². The fourth-order valence-corrected chi connectivity index (χ4v) is 4.23. The summed E-state index contributed by atoms with van der Waals surface area (Å²) >= 11 is 0. The zero-order valence-corrected chi connectivity index (χ0v) is 20.8. The third-order valence-electron chi connectivity index (χ3n) is 6.36. The smallest absolute Gasteiger partial charge is 0.416 e. The molecule has 198 valence electrons. The number of pyridine rings is 2. The Morgan fingerprint density at radius 2 is 1.68 bits per heavy atom. The van der Waals surface area contributed by atoms with Crippen LogP contribution in [-0.4, -0.2) is 64.2 Å². The molecule has 0 radical (unpaired) electrons. The van der Waals surface area contributed by atoms with Gasteiger partial charge >= 0.3 is 6.36 Å². The molecule has 9 nitrogen and oxygen atoms in total. The van der Waals surface area contributed by atoms with Crippen LogP contribution in [0.4, 0.5) is 19.0 Å². The monoisotopic (exact) mass is 526 g/mol. The number of nitrogens with zero attached hydrogens (tertiary/aromatic N) is 6. The molecular weight excluding hydrogens is 501 g/mol. The zero-order valence-electron chi connectivity index (χ0n) is 20.8. The average Bonchev–Trinajstić information content (AvgIpc) is 3.37. The second-order valence-electron chi connectivity index (χ2n) is 9.08. The molecule has 1 aromatic carbocycles. The number of alkyl halides is 3. The van der Waals surface area contributed by atoms with E-state index >= 15 is 0 Å². The predicted molar refractivity (Wildman–Crippen MR) is 134 cm³/mol. The van der Waals surface area contributed by atoms with E-state index in [4.69, 9.17) is 4.42 Å². The van der Waals surface area contributed by atoms with Crippen molar-refractivity contribution in [2.24, 2.45) is 0 Å². The lowest BCUT2D eigenvalue weighted by Gasteiger charge is -2.33. The Labute approximate surface area is 216 Å². The highest BCUT2D eigenvalue weighted by atomic mass is 19.4. The Kier molecular flexibility index (Phi) is 6.89. The summed E-state index contributed by atoms with van der Waals surface area (Å²) < 4.78 is 48.4. The quantitative estimate of drug-likeness (QED) is 0.373. The van der Waals surface area contributed by atoms with E-state index in [1.165, 1.54) is 12.1 Å². The molecule has 4 aromatic rings. The first-order valence-electron chi connectivity index (χ1n) is 12.0. The summed E-state index contributed by atoms with van der Waals surface area (Å²) in [6, 6.07) is 12.3. The number of ether oxygens (including phenoxy) is 1. The van der Waals surface area contributed by atoms with Crippen molar-refractivity contribution in [1.29, 1.82) is 0 Å². The number of piperazine rings is 1. The number of anilines is 1. The van der Waals surface area contributed by atoms with Crippen molar-refractivity contribution in [3.05, 3.63) is 76.3 Å². The van der Waals surface area contributed by atoms with Crippen LogP contribution < -0.4 is 15.2 Å². The van der Waals surface area contributed by atoms with E-state index in [1.807, 2.05) is 19.1 Å². The van der Waals surface area contributed by atoms with Crippen molar-refractivity contribution in [2.75, 3.05) is 38.1 Å². The van der Waals surface area contributed by atoms with Crippen LogP contribution in [0, 0.1) is 6.92 Å². The molecule has 0 spiro atoms. The molecule has 0 saturated carbocycles. The van der Waals surface area contributed by atoms with Crippen LogP contribution in [-0.2, 0) is 6.54 Å². The summed E-state index contributed by atoms with van der Waals surface area (Å²) in [6.45, 7) is 5.88. The first-order chi connectivity index (χ1) is 18.2. The number of aromatic nitrogens is 4. The first kappa shape index (κ1) is 25.5. The maximum Gasteiger partial charge on any atom is 0.573 e. The normalized spacial score (nSPS) is 14.6. The van der Waals surface area contributed by atoms with E-state index in [0.717, 1.165) is 55.4 Å². The standard InChI is InChI=1S/C26H25F3N6O3/c1-17-3-8-21(24-32-31-23(37-24)19-4-6-20(7-5-19)38-26(27,28)29)25(36)35(17)16-18-9-10-30-22(15-18)34-13-11-33(2)12-14-34/h3-10,15H,11-14,16H2,1-2H3. The third-order valence-corrected chi connectivity index (χ3v) is 6.36. The average molecular weight is 527 g/mol. The molecule has 0 amide bonds. The first-order valence-corrected chi connectivity index (χ1v) is 12.0. The maximum atomic E-state index is 13.4. The minimum atomic E-state index is -4.78. The highest BCUT2D eigenvalue weighted by Gasteiger charge is 2.31. The molecule has 12 heteroatoms. The predicted octanol–water partition coefficient (Wildman–Crippen LogP) is 3.97. The van der Waals surface area contributed by atoms with E-state index in [9.17, 15) is 18.0 Å². The van der Waals surface area contributed by atoms with Gasteiger partial charge in [0.1, 0.15) is 17.1 Å². The van der Waals surface area contributed by atoms with Gasteiger partial charge in [0, 0.05) is 43.6 Å². The largest absolute Gasteiger partial charge is 0.573 e. The molecule has 5 rings (SSSR count). The number of benzene rings is 1. The minimum absolute atomic E-state index is 0.0159. The van der Waals surface area contributed by atoms with E-state index in [0.29, 0.717) is 12.1 Å². The summed E-state index contributed by atoms with van der Waals surface area (Å²) in [6.07, 6.45) is -3.03. The number of hydrogen-bond acceptors (Lipinski definition) is 8. The lowest BCUT2D eigenvalue weighted by molar-refractivity contribution is -0.274. The van der Waals surface area contributed by atoms with Gasteiger partial charge in [0.2, 0.25) is 5.89 Å². The number of rotatable bonds is 6. The summed E-state index contributed by atoms with van der Waals surface area (Å²) in [4.78, 5) is 22.4. The van der Waals surface area contributed by atoms with Crippen LogP contribution in [0.25, 0.3) is 22.9 Å². The van der Waals surface area contributed by atoms with Gasteiger partial charge in [0.25, 0.3) is 11.4 Å². The number of aryl methyl sites for hydroxylation is 1. The second-order valence-corrected chi connectivity index (χ2v) is 9.08. The molecule has 1 saturated heterocycles. The van der Waals surface area contributed by atoms with Crippen LogP contribution in [0.2, 0.25) is 0 Å². The van der Waals surface area contributed by atoms with Gasteiger partial charge in [-0.1, -0.05) is 0 Å². The molecule has 1 aliphatic rings. The summed E-state index contributed by atoms with van der Waals surface area (Å²) in [5, 5.41) is 7.97. The number of hydrogen-bond donors (Lipinski definition) is 0. The van der Waals surface area contributed by atoms with E-state index in [-0.39, 0.29) is 28.7 Å². The van der Waals surface area contributed by atoms with Gasteiger partial charge in [-0.2, -0.15) is 0 Å². The molecule has 0 atom stereocenters. The Balaban J connectivity index is 1.37. The fourth-order valence-electron chi connectivity index (χ4n) is 4.23. The summed E-state index contributed by atoms with van der Waals surface area (Å²) in [5.41, 5.74) is 2.01. The Morgan fingerprint density at radius 1 is 0.974 bits per heavy atom. The van der Waals surface area contributed by atoms with Crippen LogP contribution in [0.1, 0.15) is 11.3 Å². The molecule has 0 unspecified atom stereocenters. The topological polar surface area (TPSA) is 89.5 Å². The van der Waals surface area contributed by atoms with Crippen molar-refractivity contribution in [3.63, 3.8) is 0 Å². The molecular formula is C26H25F3N6O3. The van der Waals surface area contributed by atoms with Gasteiger partial charge in [-0.05, 0) is 68.1 Å². The molecule has 0 bridgehead atoms. The van der Waals surface area contributed by atoms with Gasteiger partial charge in [0.15, 0.2) is 0 Å². The highest BCUT2D eigenvalue weighted by molar-refractivity contribution is 5.58. The van der Waals surface area contributed by atoms with Crippen molar-refractivity contribution in [2.45, 2.75) is 19.8 Å². The molecule has 4 heterocycles. The van der Waals surface area contributed by atoms with Crippen molar-refractivity contribution < 1.29 is 22.3 Å². The maximum absolute atomic E-state index is 13.4. The van der Waals surface area contributed by atoms with Crippen molar-refractivity contribution in [1.82, 2.24) is 24.6 Å². The highest BCUT2D eigenvalue weighted by Crippen LogP contribution is 2.27. The van der Waals surface area contributed by atoms with Crippen LogP contribution in [0.15, 0.2) is 63.9 Å². The second kappa shape index (κ2) is 10.3. The lowest BCUT2D eigenvalue weighted by Crippen LogP contribution is -2.44. The molecule has 1 fully saturated rings. The summed E-state index contributed by atoms with van der Waals surface area (Å²) in [7, 11) is 2.10. The third kappa shape index (κ3) is 5.70. The number of halogens is 3. The van der Waals surface area contributed by atoms with Gasteiger partial charge in [0.05, 0.1) is 6.54 Å². The van der Waals surface area contributed by atoms with Crippen molar-refractivity contribution >= 4 is 5.82 Å². The van der Waals surface area contributed by atoms with E-state index < -0.39 is 6.36 Å². The summed E-state index contributed by atoms with van der Waals surface area (Å²) in [5.74, 6) is 0.596. The van der Waals surface area contributed by atoms with E-state index in [2.05, 4.69) is 36.8 Å². The van der Waals surface area contributed by atoms with Crippen molar-refractivity contribution in [3.8, 4) is 28.7 Å². The Bertz CT molecular complexity index is 1470. The minimum Gasteiger partial charge on any atom is -0.416 e. The molecule has 0 aliphatic carbocycles. The Morgan fingerprint density at radius 3 is 2.39 bits per heavy atom. The lowest BCUT2D eigenvalue weighted by atomic mass is 10.2. The fraction of sp³-hybridized carbons (Fsp3) is 0.308. The molecule has 38 heavy (non-hydrogen) atoms. The van der Waals surface area contributed by atoms with Crippen LogP contribution in [0.3, 0.4) is 0 Å². The number of likely N-dealkylation sites (N-methyl/N-ethyl adjacent to an activating group) is 1. The van der Waals surface area contributed by atoms with Crippen LogP contribution >= 0.6 is 0 Å². The van der Waals surface area contributed by atoms with Gasteiger partial charge in [-0.3, -0.25) is 4.79 Å². The van der Waals surface area contributed by atoms with Crippen LogP contribution in [0.5, 0.6) is 5.75 Å². The Hall–Kier alpha value is -4.19. The molecule has 1 aliphatic heterocycles. The molecule has 0 N–H and O–H groups in total. The SMILES string of the molecule is Cc1ccc(-c2nnc(-c3ccc(OC(F)(F)F)cc3)o2)c(=O)n1Cc1ccnc(N2CCN(C)CC2)c1. The molecule has 3 aromatic heterocycles.